The Kier molecular flexibility index (Phi) is 7.41. The van der Waals surface area contributed by atoms with E-state index in [1.807, 2.05) is 30.3 Å². The van der Waals surface area contributed by atoms with E-state index in [9.17, 15) is 26.4 Å². The summed E-state index contributed by atoms with van der Waals surface area (Å²) in [5, 5.41) is 2.60. The van der Waals surface area contributed by atoms with Gasteiger partial charge in [-0.05, 0) is 42.7 Å². The van der Waals surface area contributed by atoms with Crippen molar-refractivity contribution < 1.29 is 31.1 Å². The highest BCUT2D eigenvalue weighted by Crippen LogP contribution is 2.23. The second kappa shape index (κ2) is 9.56. The first-order valence-electron chi connectivity index (χ1n) is 8.32. The zero-order chi connectivity index (χ0) is 20.6. The van der Waals surface area contributed by atoms with Crippen LogP contribution in [0.25, 0.3) is 0 Å². The molecule has 28 heavy (non-hydrogen) atoms. The summed E-state index contributed by atoms with van der Waals surface area (Å²) in [6, 6.07) is 13.4. The summed E-state index contributed by atoms with van der Waals surface area (Å²) >= 11 is 0. The fourth-order valence-electron chi connectivity index (χ4n) is 2.29. The second-order valence-corrected chi connectivity index (χ2v) is 7.55. The first kappa shape index (κ1) is 21.7. The molecule has 0 heterocycles. The van der Waals surface area contributed by atoms with E-state index in [2.05, 4.69) is 14.8 Å². The smallest absolute Gasteiger partial charge is 0.406 e. The Labute approximate surface area is 160 Å². The van der Waals surface area contributed by atoms with Gasteiger partial charge in [-0.2, -0.15) is 0 Å². The number of rotatable bonds is 9. The van der Waals surface area contributed by atoms with Crippen molar-refractivity contribution in [2.24, 2.45) is 0 Å². The molecular weight excluding hydrogens is 397 g/mol. The zero-order valence-corrected chi connectivity index (χ0v) is 15.5. The average Bonchev–Trinajstić information content (AvgIpc) is 2.64. The van der Waals surface area contributed by atoms with Gasteiger partial charge in [-0.3, -0.25) is 4.79 Å². The van der Waals surface area contributed by atoms with E-state index in [1.165, 1.54) is 0 Å². The van der Waals surface area contributed by atoms with Gasteiger partial charge < -0.3 is 10.1 Å². The number of ether oxygens (including phenoxy) is 1. The Hall–Kier alpha value is -2.59. The normalized spacial score (nSPS) is 11.8. The number of alkyl halides is 3. The third-order valence-corrected chi connectivity index (χ3v) is 5.01. The summed E-state index contributed by atoms with van der Waals surface area (Å²) in [5.41, 5.74) is 1.13. The molecule has 6 nitrogen and oxygen atoms in total. The third kappa shape index (κ3) is 7.57. The third-order valence-electron chi connectivity index (χ3n) is 3.60. The number of amides is 1. The van der Waals surface area contributed by atoms with Gasteiger partial charge in [-0.25, -0.2) is 13.1 Å². The standard InChI is InChI=1S/C18H19F3N2O4S/c19-18(20,21)27-15-8-10-16(11-9-15)28(25,26)23-13-17(24)22-12-4-7-14-5-2-1-3-6-14/h1-3,5-6,8-11,23H,4,7,12-13H2,(H,22,24). The predicted molar refractivity (Wildman–Crippen MR) is 96.1 cm³/mol. The van der Waals surface area contributed by atoms with E-state index in [0.29, 0.717) is 13.0 Å². The Bertz CT molecular complexity index is 870. The van der Waals surface area contributed by atoms with Crippen LogP contribution >= 0.6 is 0 Å². The number of carbonyl (C=O) groups excluding carboxylic acids is 1. The molecular formula is C18H19F3N2O4S. The molecule has 0 fully saturated rings. The van der Waals surface area contributed by atoms with Crippen LogP contribution in [-0.2, 0) is 21.2 Å². The van der Waals surface area contributed by atoms with Gasteiger partial charge in [0.2, 0.25) is 15.9 Å². The molecule has 0 aliphatic heterocycles. The molecule has 0 aliphatic carbocycles. The lowest BCUT2D eigenvalue weighted by atomic mass is 10.1. The van der Waals surface area contributed by atoms with Crippen molar-refractivity contribution in [2.75, 3.05) is 13.1 Å². The number of carbonyl (C=O) groups is 1. The van der Waals surface area contributed by atoms with Crippen molar-refractivity contribution >= 4 is 15.9 Å². The van der Waals surface area contributed by atoms with Crippen molar-refractivity contribution in [3.05, 3.63) is 60.2 Å². The Morgan fingerprint density at radius 3 is 2.25 bits per heavy atom. The minimum Gasteiger partial charge on any atom is -0.406 e. The fourth-order valence-corrected chi connectivity index (χ4v) is 3.27. The van der Waals surface area contributed by atoms with E-state index in [-0.39, 0.29) is 4.90 Å². The van der Waals surface area contributed by atoms with Gasteiger partial charge in [0.25, 0.3) is 0 Å². The fraction of sp³-hybridized carbons (Fsp3) is 0.278. The highest BCUT2D eigenvalue weighted by atomic mass is 32.2. The topological polar surface area (TPSA) is 84.5 Å². The molecule has 0 atom stereocenters. The lowest BCUT2D eigenvalue weighted by Crippen LogP contribution is -2.37. The molecule has 0 radical (unpaired) electrons. The monoisotopic (exact) mass is 416 g/mol. The van der Waals surface area contributed by atoms with E-state index in [0.717, 1.165) is 36.2 Å². The Balaban J connectivity index is 1.76. The molecule has 0 bridgehead atoms. The molecule has 2 N–H and O–H groups in total. The molecule has 0 saturated carbocycles. The van der Waals surface area contributed by atoms with Gasteiger partial charge >= 0.3 is 6.36 Å². The van der Waals surface area contributed by atoms with Crippen molar-refractivity contribution in [2.45, 2.75) is 24.1 Å². The molecule has 152 valence electrons. The maximum Gasteiger partial charge on any atom is 0.573 e. The van der Waals surface area contributed by atoms with E-state index in [4.69, 9.17) is 0 Å². The molecule has 2 rings (SSSR count). The van der Waals surface area contributed by atoms with Gasteiger partial charge in [0, 0.05) is 6.54 Å². The van der Waals surface area contributed by atoms with Crippen LogP contribution in [0, 0.1) is 0 Å². The van der Waals surface area contributed by atoms with Gasteiger partial charge in [0.05, 0.1) is 11.4 Å². The van der Waals surface area contributed by atoms with Crippen LogP contribution < -0.4 is 14.8 Å². The van der Waals surface area contributed by atoms with Crippen LogP contribution in [0.15, 0.2) is 59.5 Å². The highest BCUT2D eigenvalue weighted by molar-refractivity contribution is 7.89. The summed E-state index contributed by atoms with van der Waals surface area (Å²) in [7, 11) is -4.04. The molecule has 0 saturated heterocycles. The van der Waals surface area contributed by atoms with Crippen LogP contribution in [0.5, 0.6) is 5.75 Å². The molecule has 10 heteroatoms. The molecule has 0 aromatic heterocycles. The van der Waals surface area contributed by atoms with Crippen LogP contribution in [0.2, 0.25) is 0 Å². The molecule has 0 aliphatic rings. The van der Waals surface area contributed by atoms with Gasteiger partial charge in [-0.15, -0.1) is 13.2 Å². The molecule has 2 aromatic rings. The van der Waals surface area contributed by atoms with E-state index >= 15 is 0 Å². The van der Waals surface area contributed by atoms with Crippen molar-refractivity contribution in [1.29, 1.82) is 0 Å². The van der Waals surface area contributed by atoms with Crippen molar-refractivity contribution in [1.82, 2.24) is 10.0 Å². The van der Waals surface area contributed by atoms with E-state index < -0.39 is 34.6 Å². The average molecular weight is 416 g/mol. The summed E-state index contributed by atoms with van der Waals surface area (Å²) in [6.45, 7) is -0.0899. The quantitative estimate of drug-likeness (QED) is 0.616. The predicted octanol–water partition coefficient (Wildman–Crippen LogP) is 2.61. The van der Waals surface area contributed by atoms with Crippen LogP contribution in [0.3, 0.4) is 0 Å². The van der Waals surface area contributed by atoms with Crippen LogP contribution in [0.4, 0.5) is 13.2 Å². The molecule has 0 spiro atoms. The van der Waals surface area contributed by atoms with Crippen molar-refractivity contribution in [3.63, 3.8) is 0 Å². The lowest BCUT2D eigenvalue weighted by molar-refractivity contribution is -0.274. The maximum absolute atomic E-state index is 12.1. The SMILES string of the molecule is O=C(CNS(=O)(=O)c1ccc(OC(F)(F)F)cc1)NCCCc1ccccc1. The van der Waals surface area contributed by atoms with Gasteiger partial charge in [0.1, 0.15) is 5.75 Å². The number of aryl methyl sites for hydroxylation is 1. The highest BCUT2D eigenvalue weighted by Gasteiger charge is 2.31. The number of hydrogen-bond donors (Lipinski definition) is 2. The number of nitrogens with one attached hydrogen (secondary N) is 2. The lowest BCUT2D eigenvalue weighted by Gasteiger charge is -2.10. The van der Waals surface area contributed by atoms with Crippen LogP contribution in [-0.4, -0.2) is 33.8 Å². The maximum atomic E-state index is 12.1. The molecule has 1 amide bonds. The van der Waals surface area contributed by atoms with Crippen molar-refractivity contribution in [3.8, 4) is 5.75 Å². The number of hydrogen-bond acceptors (Lipinski definition) is 4. The second-order valence-electron chi connectivity index (χ2n) is 5.78. The van der Waals surface area contributed by atoms with Gasteiger partial charge in [-0.1, -0.05) is 30.3 Å². The largest absolute Gasteiger partial charge is 0.573 e. The Morgan fingerprint density at radius 2 is 1.64 bits per heavy atom. The minimum absolute atomic E-state index is 0.279. The van der Waals surface area contributed by atoms with Gasteiger partial charge in [0.15, 0.2) is 0 Å². The summed E-state index contributed by atoms with van der Waals surface area (Å²) in [5.74, 6) is -1.05. The number of halogens is 3. The first-order valence-corrected chi connectivity index (χ1v) is 9.80. The van der Waals surface area contributed by atoms with Crippen LogP contribution in [0.1, 0.15) is 12.0 Å². The first-order chi connectivity index (χ1) is 13.2. The Morgan fingerprint density at radius 1 is 1.00 bits per heavy atom. The minimum atomic E-state index is -4.86. The molecule has 2 aromatic carbocycles. The summed E-state index contributed by atoms with van der Waals surface area (Å²) < 4.78 is 66.3. The van der Waals surface area contributed by atoms with E-state index in [1.54, 1.807) is 0 Å². The summed E-state index contributed by atoms with van der Waals surface area (Å²) in [6.07, 6.45) is -3.39. The summed E-state index contributed by atoms with van der Waals surface area (Å²) in [4.78, 5) is 11.5. The molecule has 0 unspecified atom stereocenters. The number of sulfonamides is 1. The number of benzene rings is 2. The zero-order valence-electron chi connectivity index (χ0n) is 14.7.